The molecule has 0 bridgehead atoms. The first-order valence-corrected chi connectivity index (χ1v) is 11.4. The van der Waals surface area contributed by atoms with E-state index in [1.165, 1.54) is 0 Å². The van der Waals surface area contributed by atoms with Crippen LogP contribution in [0.5, 0.6) is 0 Å². The van der Waals surface area contributed by atoms with Crippen LogP contribution in [0, 0.1) is 0 Å². The molecule has 31 heavy (non-hydrogen) atoms. The first-order chi connectivity index (χ1) is 15.0. The predicted octanol–water partition coefficient (Wildman–Crippen LogP) is 2.91. The molecular formula is C21H32F4N6. The molecule has 4 rings (SSSR count). The number of halogens is 4. The standard InChI is InChI=1S/C21H32F4N6/c22-18(23)14-28-5-1-7-30(11-9-28)20-13-17(16-3-4-16)26-21(27-20)31-8-2-6-29(10-12-31)15-19(24)25/h13,16,18-19H,1-12,14-15H2. The molecule has 0 aromatic carbocycles. The van der Waals surface area contributed by atoms with Crippen LogP contribution in [0.1, 0.15) is 37.3 Å². The Bertz CT molecular complexity index is 667. The van der Waals surface area contributed by atoms with E-state index in [2.05, 4.69) is 15.9 Å². The number of hydrogen-bond acceptors (Lipinski definition) is 6. The first-order valence-electron chi connectivity index (χ1n) is 11.4. The van der Waals surface area contributed by atoms with Gasteiger partial charge in [-0.15, -0.1) is 0 Å². The van der Waals surface area contributed by atoms with E-state index in [-0.39, 0.29) is 13.1 Å². The molecule has 2 aliphatic heterocycles. The Morgan fingerprint density at radius 1 is 0.742 bits per heavy atom. The molecular weight excluding hydrogens is 412 g/mol. The summed E-state index contributed by atoms with van der Waals surface area (Å²) in [4.78, 5) is 17.6. The fourth-order valence-corrected chi connectivity index (χ4v) is 4.46. The molecule has 1 aliphatic carbocycles. The number of anilines is 2. The van der Waals surface area contributed by atoms with Crippen LogP contribution in [0.25, 0.3) is 0 Å². The fraction of sp³-hybridized carbons (Fsp3) is 0.810. The second-order valence-electron chi connectivity index (χ2n) is 8.79. The lowest BCUT2D eigenvalue weighted by molar-refractivity contribution is 0.0913. The van der Waals surface area contributed by atoms with E-state index in [0.717, 1.165) is 50.3 Å². The van der Waals surface area contributed by atoms with Crippen molar-refractivity contribution in [2.45, 2.75) is 44.5 Å². The van der Waals surface area contributed by atoms with Crippen molar-refractivity contribution in [3.63, 3.8) is 0 Å². The quantitative estimate of drug-likeness (QED) is 0.603. The lowest BCUT2D eigenvalue weighted by Gasteiger charge is -2.26. The zero-order valence-electron chi connectivity index (χ0n) is 17.9. The molecule has 0 spiro atoms. The van der Waals surface area contributed by atoms with Gasteiger partial charge in [-0.05, 0) is 25.7 Å². The lowest BCUT2D eigenvalue weighted by atomic mass is 10.2. The summed E-state index contributed by atoms with van der Waals surface area (Å²) < 4.78 is 51.1. The van der Waals surface area contributed by atoms with Gasteiger partial charge in [0.15, 0.2) is 0 Å². The molecule has 174 valence electrons. The summed E-state index contributed by atoms with van der Waals surface area (Å²) in [5.41, 5.74) is 1.04. The van der Waals surface area contributed by atoms with E-state index in [1.54, 1.807) is 0 Å². The minimum atomic E-state index is -2.32. The van der Waals surface area contributed by atoms with E-state index in [1.807, 2.05) is 9.80 Å². The minimum absolute atomic E-state index is 0.181. The largest absolute Gasteiger partial charge is 0.355 e. The van der Waals surface area contributed by atoms with Crippen molar-refractivity contribution in [2.75, 3.05) is 75.2 Å². The molecule has 0 amide bonds. The number of rotatable bonds is 7. The van der Waals surface area contributed by atoms with Gasteiger partial charge in [0.25, 0.3) is 12.9 Å². The predicted molar refractivity (Wildman–Crippen MR) is 113 cm³/mol. The molecule has 0 N–H and O–H groups in total. The Balaban J connectivity index is 1.48. The molecule has 0 unspecified atom stereocenters. The number of aromatic nitrogens is 2. The zero-order valence-corrected chi connectivity index (χ0v) is 17.9. The van der Waals surface area contributed by atoms with Crippen LogP contribution in [0.2, 0.25) is 0 Å². The SMILES string of the molecule is FC(F)CN1CCCN(c2cc(C3CC3)nc(N3CCCN(CC(F)F)CC3)n2)CC1. The topological polar surface area (TPSA) is 38.7 Å². The molecule has 0 atom stereocenters. The van der Waals surface area contributed by atoms with Crippen LogP contribution in [-0.4, -0.2) is 98.1 Å². The van der Waals surface area contributed by atoms with E-state index in [4.69, 9.17) is 9.97 Å². The summed E-state index contributed by atoms with van der Waals surface area (Å²) in [6.07, 6.45) is -0.769. The summed E-state index contributed by atoms with van der Waals surface area (Å²) in [5.74, 6) is 2.00. The Morgan fingerprint density at radius 3 is 1.90 bits per heavy atom. The Morgan fingerprint density at radius 2 is 1.32 bits per heavy atom. The highest BCUT2D eigenvalue weighted by Gasteiger charge is 2.29. The lowest BCUT2D eigenvalue weighted by Crippen LogP contribution is -2.35. The Hall–Kier alpha value is -1.68. The number of nitrogens with zero attached hydrogens (tertiary/aromatic N) is 6. The summed E-state index contributed by atoms with van der Waals surface area (Å²) in [6, 6.07) is 2.06. The van der Waals surface area contributed by atoms with Gasteiger partial charge in [-0.25, -0.2) is 22.5 Å². The maximum Gasteiger partial charge on any atom is 0.251 e. The minimum Gasteiger partial charge on any atom is -0.355 e. The summed E-state index contributed by atoms with van der Waals surface area (Å²) >= 11 is 0. The van der Waals surface area contributed by atoms with Crippen molar-refractivity contribution in [3.8, 4) is 0 Å². The third kappa shape index (κ3) is 6.41. The molecule has 0 radical (unpaired) electrons. The first kappa shape index (κ1) is 22.5. The van der Waals surface area contributed by atoms with Crippen molar-refractivity contribution < 1.29 is 17.6 Å². The molecule has 1 aromatic rings. The molecule has 3 heterocycles. The highest BCUT2D eigenvalue weighted by Crippen LogP contribution is 2.40. The van der Waals surface area contributed by atoms with Crippen molar-refractivity contribution in [1.82, 2.24) is 19.8 Å². The number of alkyl halides is 4. The van der Waals surface area contributed by atoms with E-state index in [9.17, 15) is 17.6 Å². The molecule has 6 nitrogen and oxygen atoms in total. The van der Waals surface area contributed by atoms with Crippen LogP contribution in [0.3, 0.4) is 0 Å². The molecule has 10 heteroatoms. The third-order valence-corrected chi connectivity index (χ3v) is 6.29. The Labute approximate surface area is 181 Å². The summed E-state index contributed by atoms with van der Waals surface area (Å²) in [6.45, 7) is 4.93. The van der Waals surface area contributed by atoms with Crippen LogP contribution in [0.15, 0.2) is 6.07 Å². The van der Waals surface area contributed by atoms with Gasteiger partial charge in [0.1, 0.15) is 5.82 Å². The van der Waals surface area contributed by atoms with Gasteiger partial charge in [-0.1, -0.05) is 0 Å². The average molecular weight is 445 g/mol. The van der Waals surface area contributed by atoms with Gasteiger partial charge in [0, 0.05) is 64.3 Å². The third-order valence-electron chi connectivity index (χ3n) is 6.29. The maximum atomic E-state index is 12.8. The van der Waals surface area contributed by atoms with Gasteiger partial charge in [-0.3, -0.25) is 9.80 Å². The van der Waals surface area contributed by atoms with Crippen LogP contribution in [0.4, 0.5) is 29.3 Å². The normalized spacial score (nSPS) is 22.3. The fourth-order valence-electron chi connectivity index (χ4n) is 4.46. The zero-order chi connectivity index (χ0) is 21.8. The molecule has 1 aromatic heterocycles. The maximum absolute atomic E-state index is 12.8. The van der Waals surface area contributed by atoms with Crippen molar-refractivity contribution in [2.24, 2.45) is 0 Å². The van der Waals surface area contributed by atoms with Gasteiger partial charge < -0.3 is 9.80 Å². The summed E-state index contributed by atoms with van der Waals surface area (Å²) in [5, 5.41) is 0. The highest BCUT2D eigenvalue weighted by molar-refractivity contribution is 5.47. The second-order valence-corrected chi connectivity index (χ2v) is 8.79. The van der Waals surface area contributed by atoms with Crippen molar-refractivity contribution in [3.05, 3.63) is 11.8 Å². The monoisotopic (exact) mass is 444 g/mol. The van der Waals surface area contributed by atoms with Crippen LogP contribution >= 0.6 is 0 Å². The van der Waals surface area contributed by atoms with Gasteiger partial charge in [0.05, 0.1) is 18.8 Å². The smallest absolute Gasteiger partial charge is 0.251 e. The summed E-state index contributed by atoms with van der Waals surface area (Å²) in [7, 11) is 0. The molecule has 2 saturated heterocycles. The van der Waals surface area contributed by atoms with E-state index in [0.29, 0.717) is 51.1 Å². The Kier molecular flexibility index (Phi) is 7.47. The van der Waals surface area contributed by atoms with Crippen LogP contribution in [-0.2, 0) is 0 Å². The van der Waals surface area contributed by atoms with Crippen molar-refractivity contribution >= 4 is 11.8 Å². The highest BCUT2D eigenvalue weighted by atomic mass is 19.3. The number of hydrogen-bond donors (Lipinski definition) is 0. The van der Waals surface area contributed by atoms with Gasteiger partial charge in [0.2, 0.25) is 5.95 Å². The average Bonchev–Trinajstić information content (AvgIpc) is 3.57. The molecule has 3 aliphatic rings. The molecule has 3 fully saturated rings. The van der Waals surface area contributed by atoms with E-state index < -0.39 is 12.9 Å². The van der Waals surface area contributed by atoms with Crippen molar-refractivity contribution in [1.29, 1.82) is 0 Å². The van der Waals surface area contributed by atoms with Crippen LogP contribution < -0.4 is 9.80 Å². The van der Waals surface area contributed by atoms with Gasteiger partial charge >= 0.3 is 0 Å². The van der Waals surface area contributed by atoms with E-state index >= 15 is 0 Å². The second kappa shape index (κ2) is 10.3. The molecule has 1 saturated carbocycles. The van der Waals surface area contributed by atoms with Gasteiger partial charge in [-0.2, -0.15) is 4.98 Å².